The molecule has 0 aliphatic carbocycles. The Kier molecular flexibility index (Phi) is 4.02. The number of oxazole rings is 1. The predicted molar refractivity (Wildman–Crippen MR) is 73.6 cm³/mol. The smallest absolute Gasteiger partial charge is 0.408 e. The maximum atomic E-state index is 11.9. The Hall–Kier alpha value is -2.37. The fourth-order valence-corrected chi connectivity index (χ4v) is 2.12. The van der Waals surface area contributed by atoms with E-state index in [9.17, 15) is 14.4 Å². The number of fused-ring (bicyclic) bond motifs is 1. The van der Waals surface area contributed by atoms with Gasteiger partial charge in [0, 0.05) is 13.5 Å². The lowest BCUT2D eigenvalue weighted by atomic mass is 10.1. The molecular weight excluding hydrogens is 260 g/mol. The van der Waals surface area contributed by atoms with Gasteiger partial charge in [-0.25, -0.2) is 4.79 Å². The molecule has 2 rings (SSSR count). The van der Waals surface area contributed by atoms with Gasteiger partial charge < -0.3 is 14.5 Å². The van der Waals surface area contributed by atoms with Crippen LogP contribution >= 0.6 is 0 Å². The summed E-state index contributed by atoms with van der Waals surface area (Å²) in [5, 5.41) is 2.48. The van der Waals surface area contributed by atoms with Crippen LogP contribution < -0.4 is 11.1 Å². The third-order valence-corrected chi connectivity index (χ3v) is 3.20. The van der Waals surface area contributed by atoms with E-state index in [4.69, 9.17) is 4.42 Å². The monoisotopic (exact) mass is 276 g/mol. The Balaban J connectivity index is 2.39. The molecule has 0 aliphatic rings. The van der Waals surface area contributed by atoms with Crippen molar-refractivity contribution in [2.45, 2.75) is 25.8 Å². The van der Waals surface area contributed by atoms with Gasteiger partial charge in [-0.3, -0.25) is 9.36 Å². The summed E-state index contributed by atoms with van der Waals surface area (Å²) in [6.07, 6.45) is 1.09. The highest BCUT2D eigenvalue weighted by molar-refractivity contribution is 5.77. The number of amides is 1. The Morgan fingerprint density at radius 1 is 1.50 bits per heavy atom. The number of carbonyl (C=O) groups is 2. The van der Waals surface area contributed by atoms with E-state index in [1.165, 1.54) is 11.6 Å². The van der Waals surface area contributed by atoms with E-state index in [2.05, 4.69) is 5.32 Å². The average Bonchev–Trinajstić information content (AvgIpc) is 2.75. The van der Waals surface area contributed by atoms with Gasteiger partial charge in [-0.1, -0.05) is 6.07 Å². The molecule has 1 heterocycles. The maximum Gasteiger partial charge on any atom is 0.420 e. The van der Waals surface area contributed by atoms with Gasteiger partial charge in [0.15, 0.2) is 5.58 Å². The van der Waals surface area contributed by atoms with Crippen molar-refractivity contribution in [1.29, 1.82) is 0 Å². The summed E-state index contributed by atoms with van der Waals surface area (Å²) in [5.74, 6) is -0.756. The van der Waals surface area contributed by atoms with E-state index in [0.29, 0.717) is 17.4 Å². The summed E-state index contributed by atoms with van der Waals surface area (Å²) >= 11 is 0. The third kappa shape index (κ3) is 2.64. The first kappa shape index (κ1) is 14.0. The lowest BCUT2D eigenvalue weighted by Gasteiger charge is -2.10. The van der Waals surface area contributed by atoms with Gasteiger partial charge in [-0.05, 0) is 31.0 Å². The normalized spacial score (nSPS) is 12.3. The SMILES string of the molecule is CNC(=O)CCC(C=O)n1c(=O)oc2cc(C)ccc21. The van der Waals surface area contributed by atoms with Crippen LogP contribution in [0.5, 0.6) is 0 Å². The van der Waals surface area contributed by atoms with Crippen LogP contribution in [-0.2, 0) is 9.59 Å². The summed E-state index contributed by atoms with van der Waals surface area (Å²) in [4.78, 5) is 34.4. The second-order valence-corrected chi connectivity index (χ2v) is 4.62. The van der Waals surface area contributed by atoms with Crippen LogP contribution in [0.25, 0.3) is 11.1 Å². The van der Waals surface area contributed by atoms with Crippen LogP contribution in [0, 0.1) is 6.92 Å². The van der Waals surface area contributed by atoms with Crippen molar-refractivity contribution < 1.29 is 14.0 Å². The Morgan fingerprint density at radius 2 is 2.25 bits per heavy atom. The number of nitrogens with one attached hydrogen (secondary N) is 1. The van der Waals surface area contributed by atoms with Gasteiger partial charge >= 0.3 is 5.76 Å². The summed E-state index contributed by atoms with van der Waals surface area (Å²) in [7, 11) is 1.53. The number of nitrogens with zero attached hydrogens (tertiary/aromatic N) is 1. The number of aryl methyl sites for hydroxylation is 1. The molecule has 106 valence electrons. The summed E-state index contributed by atoms with van der Waals surface area (Å²) in [6.45, 7) is 1.89. The largest absolute Gasteiger partial charge is 0.420 e. The summed E-state index contributed by atoms with van der Waals surface area (Å²) in [5.41, 5.74) is 1.97. The van der Waals surface area contributed by atoms with E-state index in [1.807, 2.05) is 13.0 Å². The summed E-state index contributed by atoms with van der Waals surface area (Å²) in [6, 6.07) is 4.62. The molecule has 2 aromatic rings. The number of aldehydes is 1. The number of hydrogen-bond acceptors (Lipinski definition) is 4. The molecule has 0 fully saturated rings. The Labute approximate surface area is 115 Å². The zero-order valence-electron chi connectivity index (χ0n) is 11.4. The Morgan fingerprint density at radius 3 is 2.90 bits per heavy atom. The molecule has 20 heavy (non-hydrogen) atoms. The minimum atomic E-state index is -0.705. The van der Waals surface area contributed by atoms with E-state index in [0.717, 1.165) is 5.56 Å². The van der Waals surface area contributed by atoms with Crippen LogP contribution in [0.15, 0.2) is 27.4 Å². The molecule has 1 aromatic heterocycles. The number of rotatable bonds is 5. The fraction of sp³-hybridized carbons (Fsp3) is 0.357. The van der Waals surface area contributed by atoms with Gasteiger partial charge in [0.05, 0.1) is 11.6 Å². The molecule has 1 amide bonds. The van der Waals surface area contributed by atoms with Crippen LogP contribution in [-0.4, -0.2) is 23.8 Å². The second-order valence-electron chi connectivity index (χ2n) is 4.62. The lowest BCUT2D eigenvalue weighted by molar-refractivity contribution is -0.121. The number of aromatic nitrogens is 1. The van der Waals surface area contributed by atoms with Crippen molar-refractivity contribution in [2.75, 3.05) is 7.05 Å². The lowest BCUT2D eigenvalue weighted by Crippen LogP contribution is -2.24. The molecular formula is C14H16N2O4. The van der Waals surface area contributed by atoms with Crippen LogP contribution in [0.3, 0.4) is 0 Å². The van der Waals surface area contributed by atoms with E-state index < -0.39 is 11.8 Å². The molecule has 0 bridgehead atoms. The van der Waals surface area contributed by atoms with Crippen LogP contribution in [0.4, 0.5) is 0 Å². The molecule has 6 nitrogen and oxygen atoms in total. The molecule has 0 aliphatic heterocycles. The molecule has 0 spiro atoms. The van der Waals surface area contributed by atoms with Crippen LogP contribution in [0.1, 0.15) is 24.4 Å². The number of hydrogen-bond donors (Lipinski definition) is 1. The van der Waals surface area contributed by atoms with Crippen molar-refractivity contribution in [3.8, 4) is 0 Å². The van der Waals surface area contributed by atoms with E-state index in [1.54, 1.807) is 12.1 Å². The highest BCUT2D eigenvalue weighted by Crippen LogP contribution is 2.20. The van der Waals surface area contributed by atoms with E-state index in [-0.39, 0.29) is 18.7 Å². The fourth-order valence-electron chi connectivity index (χ4n) is 2.12. The van der Waals surface area contributed by atoms with Crippen molar-refractivity contribution in [1.82, 2.24) is 9.88 Å². The molecule has 1 unspecified atom stereocenters. The standard InChI is InChI=1S/C14H16N2O4/c1-9-3-5-11-12(7-9)20-14(19)16(11)10(8-17)4-6-13(18)15-2/h3,5,7-8,10H,4,6H2,1-2H3,(H,15,18). The first-order valence-electron chi connectivity index (χ1n) is 6.34. The molecule has 6 heteroatoms. The van der Waals surface area contributed by atoms with Gasteiger partial charge in [-0.2, -0.15) is 0 Å². The number of carbonyl (C=O) groups excluding carboxylic acids is 2. The topological polar surface area (TPSA) is 81.3 Å². The van der Waals surface area contributed by atoms with Crippen molar-refractivity contribution in [2.24, 2.45) is 0 Å². The highest BCUT2D eigenvalue weighted by atomic mass is 16.4. The molecule has 1 atom stereocenters. The average molecular weight is 276 g/mol. The van der Waals surface area contributed by atoms with Crippen molar-refractivity contribution in [3.05, 3.63) is 34.3 Å². The predicted octanol–water partition coefficient (Wildman–Crippen LogP) is 1.17. The van der Waals surface area contributed by atoms with E-state index >= 15 is 0 Å². The van der Waals surface area contributed by atoms with Crippen molar-refractivity contribution >= 4 is 23.3 Å². The minimum Gasteiger partial charge on any atom is -0.408 e. The zero-order valence-corrected chi connectivity index (χ0v) is 11.4. The minimum absolute atomic E-state index is 0.172. The van der Waals surface area contributed by atoms with Gasteiger partial charge in [0.2, 0.25) is 5.91 Å². The quantitative estimate of drug-likeness (QED) is 0.831. The first-order valence-corrected chi connectivity index (χ1v) is 6.34. The number of benzene rings is 1. The maximum absolute atomic E-state index is 11.9. The molecule has 1 aromatic carbocycles. The molecule has 0 saturated heterocycles. The second kappa shape index (κ2) is 5.73. The van der Waals surface area contributed by atoms with Gasteiger partial charge in [0.25, 0.3) is 0 Å². The molecule has 1 N–H and O–H groups in total. The highest BCUT2D eigenvalue weighted by Gasteiger charge is 2.19. The molecule has 0 radical (unpaired) electrons. The summed E-state index contributed by atoms with van der Waals surface area (Å²) < 4.78 is 6.44. The van der Waals surface area contributed by atoms with Gasteiger partial charge in [-0.15, -0.1) is 0 Å². The zero-order chi connectivity index (χ0) is 14.7. The molecule has 0 saturated carbocycles. The van der Waals surface area contributed by atoms with Crippen LogP contribution in [0.2, 0.25) is 0 Å². The Bertz CT molecular complexity index is 699. The first-order chi connectivity index (χ1) is 9.56. The van der Waals surface area contributed by atoms with Crippen molar-refractivity contribution in [3.63, 3.8) is 0 Å². The van der Waals surface area contributed by atoms with Gasteiger partial charge in [0.1, 0.15) is 6.29 Å². The third-order valence-electron chi connectivity index (χ3n) is 3.20.